The van der Waals surface area contributed by atoms with Gasteiger partial charge >= 0.3 is 0 Å². The minimum Gasteiger partial charge on any atom is -0.324 e. The molecule has 0 aliphatic carbocycles. The van der Waals surface area contributed by atoms with Crippen LogP contribution in [0.3, 0.4) is 0 Å². The van der Waals surface area contributed by atoms with Crippen molar-refractivity contribution in [1.82, 2.24) is 9.80 Å². The fourth-order valence-electron chi connectivity index (χ4n) is 3.53. The summed E-state index contributed by atoms with van der Waals surface area (Å²) in [5.74, 6) is 0.0785. The van der Waals surface area contributed by atoms with Gasteiger partial charge in [0.05, 0.1) is 6.54 Å². The monoisotopic (exact) mass is 351 g/mol. The van der Waals surface area contributed by atoms with E-state index in [-0.39, 0.29) is 5.91 Å². The number of nitrogens with zero attached hydrogens (tertiary/aromatic N) is 2. The van der Waals surface area contributed by atoms with Crippen LogP contribution in [0.1, 0.15) is 22.3 Å². The molecule has 4 nitrogen and oxygen atoms in total. The van der Waals surface area contributed by atoms with Crippen molar-refractivity contribution >= 4 is 11.6 Å². The molecule has 138 valence electrons. The predicted octanol–water partition coefficient (Wildman–Crippen LogP) is 3.37. The first-order valence-electron chi connectivity index (χ1n) is 9.38. The lowest BCUT2D eigenvalue weighted by molar-refractivity contribution is -0.117. The molecule has 3 rings (SSSR count). The average Bonchev–Trinajstić information content (AvgIpc) is 2.62. The summed E-state index contributed by atoms with van der Waals surface area (Å²) in [4.78, 5) is 17.2. The molecule has 0 saturated carbocycles. The molecule has 2 aromatic rings. The molecule has 0 unspecified atom stereocenters. The van der Waals surface area contributed by atoms with Gasteiger partial charge in [-0.25, -0.2) is 0 Å². The zero-order chi connectivity index (χ0) is 18.5. The van der Waals surface area contributed by atoms with Crippen LogP contribution in [0.25, 0.3) is 0 Å². The maximum absolute atomic E-state index is 12.4. The van der Waals surface area contributed by atoms with Gasteiger partial charge in [0.1, 0.15) is 0 Å². The van der Waals surface area contributed by atoms with Gasteiger partial charge in [0.25, 0.3) is 0 Å². The number of anilines is 1. The van der Waals surface area contributed by atoms with Crippen molar-refractivity contribution in [1.29, 1.82) is 0 Å². The van der Waals surface area contributed by atoms with E-state index in [1.165, 1.54) is 11.1 Å². The molecular weight excluding hydrogens is 322 g/mol. The van der Waals surface area contributed by atoms with E-state index in [0.717, 1.165) is 49.5 Å². The average molecular weight is 351 g/mol. The summed E-state index contributed by atoms with van der Waals surface area (Å²) in [6.07, 6.45) is 0. The molecule has 1 aliphatic rings. The van der Waals surface area contributed by atoms with Gasteiger partial charge in [-0.1, -0.05) is 42.5 Å². The summed E-state index contributed by atoms with van der Waals surface area (Å²) in [6, 6.07) is 14.7. The summed E-state index contributed by atoms with van der Waals surface area (Å²) < 4.78 is 0. The van der Waals surface area contributed by atoms with Crippen LogP contribution >= 0.6 is 0 Å². The number of piperazine rings is 1. The number of hydrogen-bond donors (Lipinski definition) is 1. The Kier molecular flexibility index (Phi) is 6.07. The Morgan fingerprint density at radius 3 is 2.08 bits per heavy atom. The molecule has 1 amide bonds. The van der Waals surface area contributed by atoms with E-state index < -0.39 is 0 Å². The van der Waals surface area contributed by atoms with Gasteiger partial charge in [-0.05, 0) is 43.0 Å². The van der Waals surface area contributed by atoms with Crippen LogP contribution in [0.15, 0.2) is 42.5 Å². The van der Waals surface area contributed by atoms with Gasteiger partial charge in [0.15, 0.2) is 0 Å². The summed E-state index contributed by atoms with van der Waals surface area (Å²) in [7, 11) is 0. The third-order valence-electron chi connectivity index (χ3n) is 5.23. The highest BCUT2D eigenvalue weighted by Gasteiger charge is 2.19. The number of hydrogen-bond acceptors (Lipinski definition) is 3. The van der Waals surface area contributed by atoms with Crippen molar-refractivity contribution in [3.8, 4) is 0 Å². The fraction of sp³-hybridized carbons (Fsp3) is 0.409. The topological polar surface area (TPSA) is 35.6 Å². The van der Waals surface area contributed by atoms with Crippen molar-refractivity contribution in [3.63, 3.8) is 0 Å². The Labute approximate surface area is 156 Å². The summed E-state index contributed by atoms with van der Waals surface area (Å²) in [6.45, 7) is 11.6. The van der Waals surface area contributed by atoms with Gasteiger partial charge in [-0.2, -0.15) is 0 Å². The third kappa shape index (κ3) is 4.71. The normalized spacial score (nSPS) is 15.8. The number of para-hydroxylation sites is 1. The van der Waals surface area contributed by atoms with Crippen LogP contribution in [-0.4, -0.2) is 48.4 Å². The lowest BCUT2D eigenvalue weighted by Crippen LogP contribution is -2.48. The fourth-order valence-corrected chi connectivity index (χ4v) is 3.53. The Bertz CT molecular complexity index is 743. The van der Waals surface area contributed by atoms with Gasteiger partial charge in [-0.3, -0.25) is 14.6 Å². The summed E-state index contributed by atoms with van der Waals surface area (Å²) in [5, 5.41) is 3.09. The lowest BCUT2D eigenvalue weighted by atomic mass is 10.1. The quantitative estimate of drug-likeness (QED) is 0.897. The highest BCUT2D eigenvalue weighted by atomic mass is 16.2. The second kappa shape index (κ2) is 8.47. The first-order valence-corrected chi connectivity index (χ1v) is 9.38. The minimum absolute atomic E-state index is 0.0785. The molecule has 0 radical (unpaired) electrons. The van der Waals surface area contributed by atoms with E-state index in [1.54, 1.807) is 0 Å². The maximum atomic E-state index is 12.4. The minimum atomic E-state index is 0.0785. The van der Waals surface area contributed by atoms with Crippen LogP contribution in [0.5, 0.6) is 0 Å². The van der Waals surface area contributed by atoms with Crippen molar-refractivity contribution in [2.75, 3.05) is 38.0 Å². The first kappa shape index (κ1) is 18.6. The van der Waals surface area contributed by atoms with Gasteiger partial charge < -0.3 is 5.32 Å². The van der Waals surface area contributed by atoms with Crippen LogP contribution in [0.4, 0.5) is 5.69 Å². The molecule has 1 heterocycles. The standard InChI is InChI=1S/C22H29N3O/c1-17-7-4-5-10-20(17)15-24-11-13-25(14-12-24)16-21(26)23-22-18(2)8-6-9-19(22)3/h4-10H,11-16H2,1-3H3,(H,23,26). The maximum Gasteiger partial charge on any atom is 0.238 e. The lowest BCUT2D eigenvalue weighted by Gasteiger charge is -2.34. The highest BCUT2D eigenvalue weighted by Crippen LogP contribution is 2.19. The van der Waals surface area contributed by atoms with Crippen molar-refractivity contribution in [2.45, 2.75) is 27.3 Å². The molecule has 1 fully saturated rings. The Morgan fingerprint density at radius 2 is 1.42 bits per heavy atom. The smallest absolute Gasteiger partial charge is 0.238 e. The number of aryl methyl sites for hydroxylation is 3. The predicted molar refractivity (Wildman–Crippen MR) is 107 cm³/mol. The number of rotatable bonds is 5. The second-order valence-corrected chi connectivity index (χ2v) is 7.29. The zero-order valence-electron chi connectivity index (χ0n) is 16.1. The molecule has 1 N–H and O–H groups in total. The van der Waals surface area contributed by atoms with Gasteiger partial charge in [0, 0.05) is 38.4 Å². The highest BCUT2D eigenvalue weighted by molar-refractivity contribution is 5.93. The molecule has 1 aliphatic heterocycles. The van der Waals surface area contributed by atoms with Gasteiger partial charge in [0.2, 0.25) is 5.91 Å². The SMILES string of the molecule is Cc1ccccc1CN1CCN(CC(=O)Nc2c(C)cccc2C)CC1. The Morgan fingerprint density at radius 1 is 0.846 bits per heavy atom. The molecule has 1 saturated heterocycles. The number of benzene rings is 2. The van der Waals surface area contributed by atoms with Crippen molar-refractivity contribution in [2.24, 2.45) is 0 Å². The molecule has 26 heavy (non-hydrogen) atoms. The van der Waals surface area contributed by atoms with Crippen molar-refractivity contribution < 1.29 is 4.79 Å². The summed E-state index contributed by atoms with van der Waals surface area (Å²) >= 11 is 0. The molecule has 0 atom stereocenters. The largest absolute Gasteiger partial charge is 0.324 e. The van der Waals surface area contributed by atoms with E-state index in [4.69, 9.17) is 0 Å². The molecular formula is C22H29N3O. The van der Waals surface area contributed by atoms with Crippen LogP contribution in [0.2, 0.25) is 0 Å². The second-order valence-electron chi connectivity index (χ2n) is 7.29. The molecule has 2 aromatic carbocycles. The summed E-state index contributed by atoms with van der Waals surface area (Å²) in [5.41, 5.74) is 5.93. The molecule has 0 spiro atoms. The number of carbonyl (C=O) groups is 1. The number of amides is 1. The molecule has 4 heteroatoms. The van der Waals surface area contributed by atoms with Crippen molar-refractivity contribution in [3.05, 3.63) is 64.7 Å². The Hall–Kier alpha value is -2.17. The van der Waals surface area contributed by atoms with Crippen LogP contribution in [0, 0.1) is 20.8 Å². The van der Waals surface area contributed by atoms with Gasteiger partial charge in [-0.15, -0.1) is 0 Å². The van der Waals surface area contributed by atoms with Crippen LogP contribution in [-0.2, 0) is 11.3 Å². The van der Waals surface area contributed by atoms with E-state index in [1.807, 2.05) is 32.0 Å². The molecule has 0 bridgehead atoms. The van der Waals surface area contributed by atoms with E-state index in [0.29, 0.717) is 6.54 Å². The van der Waals surface area contributed by atoms with E-state index >= 15 is 0 Å². The zero-order valence-corrected chi connectivity index (χ0v) is 16.1. The molecule has 0 aromatic heterocycles. The third-order valence-corrected chi connectivity index (χ3v) is 5.23. The first-order chi connectivity index (χ1) is 12.5. The Balaban J connectivity index is 1.48. The van der Waals surface area contributed by atoms with Crippen LogP contribution < -0.4 is 5.32 Å². The number of carbonyl (C=O) groups excluding carboxylic acids is 1. The van der Waals surface area contributed by atoms with E-state index in [9.17, 15) is 4.79 Å². The van der Waals surface area contributed by atoms with E-state index in [2.05, 4.69) is 46.3 Å². The number of nitrogens with one attached hydrogen (secondary N) is 1.